The molecule has 2 atom stereocenters. The zero-order chi connectivity index (χ0) is 17.4. The molecule has 2 aliphatic rings. The van der Waals surface area contributed by atoms with Gasteiger partial charge in [-0.2, -0.15) is 5.10 Å². The Morgan fingerprint density at radius 2 is 2.00 bits per heavy atom. The summed E-state index contributed by atoms with van der Waals surface area (Å²) in [6.07, 6.45) is 9.04. The fourth-order valence-electron chi connectivity index (χ4n) is 4.60. The quantitative estimate of drug-likeness (QED) is 0.791. The fourth-order valence-corrected chi connectivity index (χ4v) is 4.79. The summed E-state index contributed by atoms with van der Waals surface area (Å²) in [7, 11) is 1.88. The summed E-state index contributed by atoms with van der Waals surface area (Å²) in [6, 6.07) is 8.05. The Morgan fingerprint density at radius 1 is 1.20 bits per heavy atom. The minimum atomic E-state index is 0.125. The van der Waals surface area contributed by atoms with Gasteiger partial charge in [-0.25, -0.2) is 0 Å². The third-order valence-corrected chi connectivity index (χ3v) is 6.01. The molecule has 5 heteroatoms. The van der Waals surface area contributed by atoms with E-state index in [1.807, 2.05) is 31.3 Å². The molecule has 1 aromatic heterocycles. The lowest BCUT2D eigenvalue weighted by molar-refractivity contribution is 0.0391. The standard InChI is InChI=1S/C20H24ClN3O/c1-23-19(15-7-4-9-16(21)12-15)17(13-22-23)20(25)24-11-5-8-14-6-2-3-10-18(14)24/h4,7,9,12-14,18H,2-3,5-6,8,10-11H2,1H3. The minimum absolute atomic E-state index is 0.125. The Morgan fingerprint density at radius 3 is 2.84 bits per heavy atom. The molecule has 1 aliphatic carbocycles. The predicted molar refractivity (Wildman–Crippen MR) is 99.7 cm³/mol. The van der Waals surface area contributed by atoms with Gasteiger partial charge in [-0.3, -0.25) is 9.48 Å². The summed E-state index contributed by atoms with van der Waals surface area (Å²) < 4.78 is 1.78. The Kier molecular flexibility index (Phi) is 4.55. The number of aromatic nitrogens is 2. The van der Waals surface area contributed by atoms with Crippen molar-refractivity contribution in [1.82, 2.24) is 14.7 Å². The van der Waals surface area contributed by atoms with E-state index in [9.17, 15) is 4.79 Å². The summed E-state index contributed by atoms with van der Waals surface area (Å²) in [5.41, 5.74) is 2.48. The number of hydrogen-bond donors (Lipinski definition) is 0. The summed E-state index contributed by atoms with van der Waals surface area (Å²) in [6.45, 7) is 0.865. The molecule has 0 radical (unpaired) electrons. The molecular weight excluding hydrogens is 334 g/mol. The number of amides is 1. The van der Waals surface area contributed by atoms with E-state index in [0.29, 0.717) is 22.5 Å². The van der Waals surface area contributed by atoms with Crippen molar-refractivity contribution in [3.8, 4) is 11.3 Å². The first-order valence-electron chi connectivity index (χ1n) is 9.24. The smallest absolute Gasteiger partial charge is 0.257 e. The molecule has 1 saturated heterocycles. The normalized spacial score (nSPS) is 23.4. The number of halogens is 1. The second kappa shape index (κ2) is 6.83. The first-order chi connectivity index (χ1) is 12.1. The lowest BCUT2D eigenvalue weighted by Crippen LogP contribution is -2.49. The Labute approximate surface area is 153 Å². The molecule has 25 heavy (non-hydrogen) atoms. The van der Waals surface area contributed by atoms with Crippen LogP contribution in [0.5, 0.6) is 0 Å². The van der Waals surface area contributed by atoms with Gasteiger partial charge in [0.25, 0.3) is 5.91 Å². The number of likely N-dealkylation sites (tertiary alicyclic amines) is 1. The van der Waals surface area contributed by atoms with E-state index in [-0.39, 0.29) is 5.91 Å². The van der Waals surface area contributed by atoms with Crippen molar-refractivity contribution in [2.45, 2.75) is 44.6 Å². The maximum atomic E-state index is 13.4. The number of nitrogens with zero attached hydrogens (tertiary/aromatic N) is 3. The SMILES string of the molecule is Cn1ncc(C(=O)N2CCCC3CCCCC32)c1-c1cccc(Cl)c1. The van der Waals surface area contributed by atoms with Gasteiger partial charge in [0.1, 0.15) is 0 Å². The predicted octanol–water partition coefficient (Wildman–Crippen LogP) is 4.54. The summed E-state index contributed by atoms with van der Waals surface area (Å²) in [5.74, 6) is 0.803. The van der Waals surface area contributed by atoms with E-state index < -0.39 is 0 Å². The van der Waals surface area contributed by atoms with Gasteiger partial charge in [0.2, 0.25) is 0 Å². The number of carbonyl (C=O) groups is 1. The Hall–Kier alpha value is -1.81. The second-order valence-electron chi connectivity index (χ2n) is 7.29. The molecule has 0 N–H and O–H groups in total. The van der Waals surface area contributed by atoms with Crippen molar-refractivity contribution in [3.05, 3.63) is 41.0 Å². The molecule has 4 rings (SSSR count). The number of rotatable bonds is 2. The van der Waals surface area contributed by atoms with Crippen molar-refractivity contribution in [3.63, 3.8) is 0 Å². The third-order valence-electron chi connectivity index (χ3n) is 5.77. The van der Waals surface area contributed by atoms with Gasteiger partial charge in [-0.15, -0.1) is 0 Å². The molecule has 132 valence electrons. The lowest BCUT2D eigenvalue weighted by atomic mass is 9.78. The van der Waals surface area contributed by atoms with Crippen LogP contribution in [0.25, 0.3) is 11.3 Å². The number of fused-ring (bicyclic) bond motifs is 1. The molecule has 1 aliphatic heterocycles. The molecule has 2 unspecified atom stereocenters. The molecule has 2 fully saturated rings. The van der Waals surface area contributed by atoms with Crippen LogP contribution in [0.4, 0.5) is 0 Å². The van der Waals surface area contributed by atoms with Crippen LogP contribution in [0.1, 0.15) is 48.9 Å². The Bertz CT molecular complexity index is 783. The van der Waals surface area contributed by atoms with Crippen molar-refractivity contribution in [2.75, 3.05) is 6.54 Å². The first kappa shape index (κ1) is 16.6. The highest BCUT2D eigenvalue weighted by atomic mass is 35.5. The molecule has 2 aromatic rings. The van der Waals surface area contributed by atoms with Crippen LogP contribution < -0.4 is 0 Å². The molecule has 0 spiro atoms. The van der Waals surface area contributed by atoms with Gasteiger partial charge in [0.05, 0.1) is 17.5 Å². The number of hydrogen-bond acceptors (Lipinski definition) is 2. The summed E-state index contributed by atoms with van der Waals surface area (Å²) in [4.78, 5) is 15.5. The van der Waals surface area contributed by atoms with Crippen molar-refractivity contribution >= 4 is 17.5 Å². The van der Waals surface area contributed by atoms with E-state index in [1.165, 1.54) is 25.7 Å². The average Bonchev–Trinajstić information content (AvgIpc) is 3.02. The van der Waals surface area contributed by atoms with Crippen molar-refractivity contribution in [1.29, 1.82) is 0 Å². The molecule has 1 aromatic carbocycles. The van der Waals surface area contributed by atoms with Gasteiger partial charge in [0.15, 0.2) is 0 Å². The lowest BCUT2D eigenvalue weighted by Gasteiger charge is -2.44. The fraction of sp³-hybridized carbons (Fsp3) is 0.500. The van der Waals surface area contributed by atoms with E-state index in [4.69, 9.17) is 11.6 Å². The maximum absolute atomic E-state index is 13.4. The highest BCUT2D eigenvalue weighted by molar-refractivity contribution is 6.30. The highest BCUT2D eigenvalue weighted by Gasteiger charge is 2.37. The van der Waals surface area contributed by atoms with Gasteiger partial charge in [-0.05, 0) is 43.7 Å². The van der Waals surface area contributed by atoms with Crippen LogP contribution in [0.15, 0.2) is 30.5 Å². The van der Waals surface area contributed by atoms with Crippen LogP contribution in [0.2, 0.25) is 5.02 Å². The molecule has 4 nitrogen and oxygen atoms in total. The maximum Gasteiger partial charge on any atom is 0.257 e. The number of aryl methyl sites for hydroxylation is 1. The average molecular weight is 358 g/mol. The van der Waals surface area contributed by atoms with E-state index in [2.05, 4.69) is 10.00 Å². The zero-order valence-corrected chi connectivity index (χ0v) is 15.4. The highest BCUT2D eigenvalue weighted by Crippen LogP contribution is 2.37. The van der Waals surface area contributed by atoms with Crippen LogP contribution in [-0.2, 0) is 7.05 Å². The molecule has 0 bridgehead atoms. The van der Waals surface area contributed by atoms with Crippen LogP contribution >= 0.6 is 11.6 Å². The third kappa shape index (κ3) is 3.08. The summed E-state index contributed by atoms with van der Waals surface area (Å²) >= 11 is 6.16. The van der Waals surface area contributed by atoms with Gasteiger partial charge in [0, 0.05) is 30.2 Å². The van der Waals surface area contributed by atoms with Crippen molar-refractivity contribution < 1.29 is 4.79 Å². The summed E-state index contributed by atoms with van der Waals surface area (Å²) in [5, 5.41) is 5.04. The van der Waals surface area contributed by atoms with E-state index in [0.717, 1.165) is 30.6 Å². The molecule has 2 heterocycles. The molecular formula is C20H24ClN3O. The number of piperidine rings is 1. The number of carbonyl (C=O) groups excluding carboxylic acids is 1. The molecule has 1 amide bonds. The molecule has 1 saturated carbocycles. The topological polar surface area (TPSA) is 38.1 Å². The van der Waals surface area contributed by atoms with Crippen LogP contribution in [-0.4, -0.2) is 33.2 Å². The minimum Gasteiger partial charge on any atom is -0.335 e. The first-order valence-corrected chi connectivity index (χ1v) is 9.62. The zero-order valence-electron chi connectivity index (χ0n) is 14.6. The largest absolute Gasteiger partial charge is 0.335 e. The number of benzene rings is 1. The Balaban J connectivity index is 1.69. The van der Waals surface area contributed by atoms with Crippen LogP contribution in [0, 0.1) is 5.92 Å². The van der Waals surface area contributed by atoms with Crippen molar-refractivity contribution in [2.24, 2.45) is 13.0 Å². The van der Waals surface area contributed by atoms with Gasteiger partial charge < -0.3 is 4.90 Å². The second-order valence-corrected chi connectivity index (χ2v) is 7.73. The van der Waals surface area contributed by atoms with E-state index in [1.54, 1.807) is 10.9 Å². The van der Waals surface area contributed by atoms with Gasteiger partial charge in [-0.1, -0.05) is 36.6 Å². The van der Waals surface area contributed by atoms with E-state index >= 15 is 0 Å². The monoisotopic (exact) mass is 357 g/mol. The van der Waals surface area contributed by atoms with Gasteiger partial charge >= 0.3 is 0 Å². The van der Waals surface area contributed by atoms with Crippen LogP contribution in [0.3, 0.4) is 0 Å².